The quantitative estimate of drug-likeness (QED) is 0.0450. The van der Waals surface area contributed by atoms with Crippen LogP contribution in [0.5, 0.6) is 5.75 Å². The van der Waals surface area contributed by atoms with E-state index in [4.69, 9.17) is 18.9 Å². The van der Waals surface area contributed by atoms with Crippen LogP contribution in [0, 0.1) is 18.8 Å². The molecule has 0 radical (unpaired) electrons. The normalized spacial score (nSPS) is 10.7. The van der Waals surface area contributed by atoms with Crippen molar-refractivity contribution in [2.75, 3.05) is 13.7 Å². The maximum absolute atomic E-state index is 12.2. The van der Waals surface area contributed by atoms with Gasteiger partial charge in [0.15, 0.2) is 0 Å². The Labute approximate surface area is 311 Å². The molecule has 7 heteroatoms. The molecule has 0 heterocycles. The summed E-state index contributed by atoms with van der Waals surface area (Å²) in [7, 11) is 1.63. The van der Waals surface area contributed by atoms with Gasteiger partial charge in [-0.25, -0.2) is 14.4 Å². The molecule has 0 aliphatic carbocycles. The number of hydrogen-bond acceptors (Lipinski definition) is 7. The minimum absolute atomic E-state index is 0.122. The van der Waals surface area contributed by atoms with Crippen LogP contribution in [0.2, 0.25) is 0 Å². The molecule has 0 atom stereocenters. The molecular formula is C46H42O7. The highest BCUT2D eigenvalue weighted by atomic mass is 16.5. The van der Waals surface area contributed by atoms with E-state index in [2.05, 4.69) is 55.8 Å². The molecule has 0 amide bonds. The number of esters is 3. The highest BCUT2D eigenvalue weighted by Crippen LogP contribution is 2.39. The smallest absolute Gasteiger partial charge is 0.337 e. The fourth-order valence-electron chi connectivity index (χ4n) is 5.12. The Hall–Kier alpha value is -6.65. The molecule has 0 fully saturated rings. The van der Waals surface area contributed by atoms with Gasteiger partial charge < -0.3 is 18.9 Å². The van der Waals surface area contributed by atoms with Crippen LogP contribution in [0.15, 0.2) is 128 Å². The Morgan fingerprint density at radius 3 is 1.62 bits per heavy atom. The molecule has 0 spiro atoms. The van der Waals surface area contributed by atoms with E-state index in [-0.39, 0.29) is 6.61 Å². The van der Waals surface area contributed by atoms with Crippen LogP contribution in [-0.4, -0.2) is 31.6 Å². The van der Waals surface area contributed by atoms with E-state index in [0.29, 0.717) is 28.9 Å². The third-order valence-corrected chi connectivity index (χ3v) is 7.96. The number of hydrogen-bond donors (Lipinski definition) is 0. The van der Waals surface area contributed by atoms with E-state index in [0.717, 1.165) is 55.6 Å². The SMILES string of the molecule is C=C(C)C(=O)O/C=C/c1ccc(C#Cc2cc(C)c(-c3ccc(-c4ccc(/C=C/OC(=O)C(=C)C)cc4)cc3)c(OC)c2CCOC(=O)C(=C)C)cc1. The van der Waals surface area contributed by atoms with Crippen molar-refractivity contribution >= 4 is 30.1 Å². The summed E-state index contributed by atoms with van der Waals surface area (Å²) >= 11 is 0. The van der Waals surface area contributed by atoms with Crippen molar-refractivity contribution in [2.45, 2.75) is 34.1 Å². The second kappa shape index (κ2) is 18.5. The number of benzene rings is 4. The summed E-state index contributed by atoms with van der Waals surface area (Å²) in [6.45, 7) is 17.8. The molecule has 0 aliphatic heterocycles. The summed E-state index contributed by atoms with van der Waals surface area (Å²) in [6, 6.07) is 25.7. The zero-order valence-corrected chi connectivity index (χ0v) is 30.7. The number of rotatable bonds is 13. The van der Waals surface area contributed by atoms with Gasteiger partial charge in [0.2, 0.25) is 0 Å². The molecule has 0 saturated carbocycles. The molecule has 4 rings (SSSR count). The number of aryl methyl sites for hydroxylation is 1. The van der Waals surface area contributed by atoms with Crippen LogP contribution in [0.1, 0.15) is 54.2 Å². The molecule has 0 aliphatic rings. The lowest BCUT2D eigenvalue weighted by Gasteiger charge is -2.19. The summed E-state index contributed by atoms with van der Waals surface area (Å²) < 4.78 is 21.6. The first-order chi connectivity index (χ1) is 25.4. The van der Waals surface area contributed by atoms with Crippen LogP contribution < -0.4 is 4.74 Å². The van der Waals surface area contributed by atoms with E-state index in [1.54, 1.807) is 40.0 Å². The molecule has 0 saturated heterocycles. The Morgan fingerprint density at radius 2 is 1.13 bits per heavy atom. The van der Waals surface area contributed by atoms with E-state index in [9.17, 15) is 14.4 Å². The number of carbonyl (C=O) groups excluding carboxylic acids is 3. The summed E-state index contributed by atoms with van der Waals surface area (Å²) in [6.07, 6.45) is 6.47. The van der Waals surface area contributed by atoms with Gasteiger partial charge in [-0.1, -0.05) is 92.2 Å². The summed E-state index contributed by atoms with van der Waals surface area (Å²) in [5.41, 5.74) is 9.95. The lowest BCUT2D eigenvalue weighted by molar-refractivity contribution is -0.139. The predicted octanol–water partition coefficient (Wildman–Crippen LogP) is 9.58. The van der Waals surface area contributed by atoms with Crippen molar-refractivity contribution in [2.24, 2.45) is 0 Å². The third-order valence-electron chi connectivity index (χ3n) is 7.96. The second-order valence-electron chi connectivity index (χ2n) is 12.3. The van der Waals surface area contributed by atoms with Crippen LogP contribution in [0.4, 0.5) is 0 Å². The Balaban J connectivity index is 1.63. The van der Waals surface area contributed by atoms with Gasteiger partial charge in [-0.05, 0) is 91.4 Å². The van der Waals surface area contributed by atoms with Crippen LogP contribution in [0.25, 0.3) is 34.4 Å². The van der Waals surface area contributed by atoms with E-state index >= 15 is 0 Å². The Bertz CT molecular complexity index is 2150. The first kappa shape index (κ1) is 39.1. The van der Waals surface area contributed by atoms with Crippen LogP contribution in [0.3, 0.4) is 0 Å². The van der Waals surface area contributed by atoms with Crippen LogP contribution in [-0.2, 0) is 35.0 Å². The number of ether oxygens (including phenoxy) is 4. The van der Waals surface area contributed by atoms with E-state index in [1.807, 2.05) is 61.5 Å². The van der Waals surface area contributed by atoms with Gasteiger partial charge in [0, 0.05) is 45.4 Å². The van der Waals surface area contributed by atoms with Gasteiger partial charge in [-0.15, -0.1) is 0 Å². The fourth-order valence-corrected chi connectivity index (χ4v) is 5.12. The highest BCUT2D eigenvalue weighted by Gasteiger charge is 2.19. The van der Waals surface area contributed by atoms with Crippen molar-refractivity contribution in [3.63, 3.8) is 0 Å². The van der Waals surface area contributed by atoms with Gasteiger partial charge in [-0.2, -0.15) is 0 Å². The average molecular weight is 707 g/mol. The number of carbonyl (C=O) groups is 3. The van der Waals surface area contributed by atoms with Gasteiger partial charge >= 0.3 is 17.9 Å². The van der Waals surface area contributed by atoms with Gasteiger partial charge in [0.25, 0.3) is 0 Å². The molecule has 7 nitrogen and oxygen atoms in total. The van der Waals surface area contributed by atoms with Crippen LogP contribution >= 0.6 is 0 Å². The van der Waals surface area contributed by atoms with Crippen molar-refractivity contribution in [1.29, 1.82) is 0 Å². The molecule has 268 valence electrons. The zero-order chi connectivity index (χ0) is 38.5. The van der Waals surface area contributed by atoms with Crippen molar-refractivity contribution in [3.8, 4) is 39.8 Å². The maximum Gasteiger partial charge on any atom is 0.337 e. The van der Waals surface area contributed by atoms with Crippen molar-refractivity contribution in [1.82, 2.24) is 0 Å². The highest BCUT2D eigenvalue weighted by molar-refractivity contribution is 5.88. The first-order valence-corrected chi connectivity index (χ1v) is 16.8. The molecule has 0 N–H and O–H groups in total. The summed E-state index contributed by atoms with van der Waals surface area (Å²) in [5, 5.41) is 0. The largest absolute Gasteiger partial charge is 0.496 e. The van der Waals surface area contributed by atoms with Gasteiger partial charge in [0.05, 0.1) is 26.2 Å². The Kier molecular flexibility index (Phi) is 13.7. The molecule has 4 aromatic carbocycles. The molecule has 0 bridgehead atoms. The monoisotopic (exact) mass is 706 g/mol. The van der Waals surface area contributed by atoms with Gasteiger partial charge in [-0.3, -0.25) is 0 Å². The Morgan fingerprint density at radius 1 is 0.660 bits per heavy atom. The topological polar surface area (TPSA) is 88.1 Å². The average Bonchev–Trinajstić information content (AvgIpc) is 3.14. The lowest BCUT2D eigenvalue weighted by Crippen LogP contribution is -2.10. The number of methoxy groups -OCH3 is 1. The second-order valence-corrected chi connectivity index (χ2v) is 12.3. The van der Waals surface area contributed by atoms with Crippen molar-refractivity contribution < 1.29 is 33.3 Å². The van der Waals surface area contributed by atoms with E-state index < -0.39 is 17.9 Å². The van der Waals surface area contributed by atoms with Crippen molar-refractivity contribution in [3.05, 3.63) is 161 Å². The first-order valence-electron chi connectivity index (χ1n) is 16.8. The van der Waals surface area contributed by atoms with E-state index in [1.165, 1.54) is 12.5 Å². The summed E-state index contributed by atoms with van der Waals surface area (Å²) in [5.74, 6) is 5.80. The van der Waals surface area contributed by atoms with Gasteiger partial charge in [0.1, 0.15) is 5.75 Å². The standard InChI is InChI=1S/C46H42O7/c1-30(2)44(47)51-26-23-35-11-9-34(10-12-35)15-18-40-29-33(7)42(43(50-8)41(40)25-28-53-46(49)32(5)6)39-21-19-38(20-22-39)37-16-13-36(14-17-37)24-27-52-45(48)31(3)4/h9-14,16-17,19-24,26-27,29H,1,3,5,25,28H2,2,4,6-8H3/b26-23+,27-24+. The minimum atomic E-state index is -0.485. The maximum atomic E-state index is 12.2. The molecule has 0 aromatic heterocycles. The summed E-state index contributed by atoms with van der Waals surface area (Å²) in [4.78, 5) is 35.4. The minimum Gasteiger partial charge on any atom is -0.496 e. The molecule has 0 unspecified atom stereocenters. The molecule has 4 aromatic rings. The third kappa shape index (κ3) is 10.9. The lowest BCUT2D eigenvalue weighted by atomic mass is 9.90. The predicted molar refractivity (Wildman–Crippen MR) is 210 cm³/mol. The molecule has 53 heavy (non-hydrogen) atoms. The molecular weight excluding hydrogens is 664 g/mol. The fraction of sp³-hybridized carbons (Fsp3) is 0.152. The zero-order valence-electron chi connectivity index (χ0n) is 30.7.